The number of hydrogen-bond donors (Lipinski definition) is 0. The number of nitrogens with zero attached hydrogens (tertiary/aromatic N) is 3. The zero-order valence-corrected chi connectivity index (χ0v) is 7.00. The van der Waals surface area contributed by atoms with Gasteiger partial charge in [0.05, 0.1) is 6.54 Å². The van der Waals surface area contributed by atoms with E-state index in [9.17, 15) is 4.39 Å². The van der Waals surface area contributed by atoms with Crippen molar-refractivity contribution in [2.45, 2.75) is 33.0 Å². The van der Waals surface area contributed by atoms with E-state index in [1.165, 1.54) is 20.2 Å². The highest BCUT2D eigenvalue weighted by Gasteiger charge is 2.17. The van der Waals surface area contributed by atoms with Crippen molar-refractivity contribution in [3.05, 3.63) is 12.2 Å². The molecule has 0 aliphatic rings. The molecule has 1 heterocycles. The van der Waals surface area contributed by atoms with Crippen LogP contribution in [0.5, 0.6) is 0 Å². The molecule has 11 heavy (non-hydrogen) atoms. The molecule has 0 amide bonds. The number of aryl methyl sites for hydroxylation is 1. The molecular weight excluding hydrogens is 145 g/mol. The van der Waals surface area contributed by atoms with Crippen molar-refractivity contribution >= 4 is 0 Å². The Balaban J connectivity index is 2.72. The van der Waals surface area contributed by atoms with Crippen LogP contribution in [0.25, 0.3) is 0 Å². The highest BCUT2D eigenvalue weighted by Crippen LogP contribution is 2.11. The molecule has 3 nitrogen and oxygen atoms in total. The fourth-order valence-corrected chi connectivity index (χ4v) is 0.833. The zero-order valence-electron chi connectivity index (χ0n) is 7.00. The average molecular weight is 157 g/mol. The predicted octanol–water partition coefficient (Wildman–Crippen LogP) is 1.33. The quantitative estimate of drug-likeness (QED) is 0.648. The molecule has 0 saturated carbocycles. The van der Waals surface area contributed by atoms with Crippen LogP contribution in [-0.2, 0) is 6.54 Å². The molecule has 0 N–H and O–H groups in total. The minimum Gasteiger partial charge on any atom is -0.247 e. The molecule has 4 heteroatoms. The van der Waals surface area contributed by atoms with Gasteiger partial charge in [-0.15, -0.1) is 0 Å². The second kappa shape index (κ2) is 2.60. The van der Waals surface area contributed by atoms with E-state index in [2.05, 4.69) is 10.1 Å². The third-order valence-electron chi connectivity index (χ3n) is 1.33. The van der Waals surface area contributed by atoms with Crippen molar-refractivity contribution in [1.29, 1.82) is 0 Å². The molecule has 0 spiro atoms. The highest BCUT2D eigenvalue weighted by atomic mass is 19.1. The first kappa shape index (κ1) is 8.17. The van der Waals surface area contributed by atoms with Gasteiger partial charge in [0, 0.05) is 0 Å². The molecule has 0 saturated heterocycles. The lowest BCUT2D eigenvalue weighted by Gasteiger charge is -2.13. The van der Waals surface area contributed by atoms with E-state index >= 15 is 0 Å². The highest BCUT2D eigenvalue weighted by molar-refractivity contribution is 4.81. The molecule has 0 fully saturated rings. The van der Waals surface area contributed by atoms with E-state index in [-0.39, 0.29) is 6.54 Å². The summed E-state index contributed by atoms with van der Waals surface area (Å²) in [6, 6.07) is 0. The Kier molecular flexibility index (Phi) is 1.93. The molecule has 0 aliphatic heterocycles. The molecule has 0 radical (unpaired) electrons. The van der Waals surface area contributed by atoms with Crippen LogP contribution >= 0.6 is 0 Å². The third kappa shape index (κ3) is 2.29. The first-order valence-electron chi connectivity index (χ1n) is 3.52. The van der Waals surface area contributed by atoms with Crippen molar-refractivity contribution in [1.82, 2.24) is 14.8 Å². The summed E-state index contributed by atoms with van der Waals surface area (Å²) in [5, 5.41) is 3.87. The maximum atomic E-state index is 13.0. The van der Waals surface area contributed by atoms with Crippen molar-refractivity contribution in [3.8, 4) is 0 Å². The van der Waals surface area contributed by atoms with Crippen LogP contribution in [0, 0.1) is 6.92 Å². The van der Waals surface area contributed by atoms with E-state index in [0.29, 0.717) is 0 Å². The fourth-order valence-electron chi connectivity index (χ4n) is 0.833. The van der Waals surface area contributed by atoms with Crippen molar-refractivity contribution in [2.24, 2.45) is 0 Å². The Morgan fingerprint density at radius 2 is 2.27 bits per heavy atom. The van der Waals surface area contributed by atoms with Crippen LogP contribution in [-0.4, -0.2) is 20.4 Å². The zero-order chi connectivity index (χ0) is 8.48. The lowest BCUT2D eigenvalue weighted by Crippen LogP contribution is -2.22. The van der Waals surface area contributed by atoms with Gasteiger partial charge < -0.3 is 0 Å². The van der Waals surface area contributed by atoms with Gasteiger partial charge in [0.1, 0.15) is 17.8 Å². The summed E-state index contributed by atoms with van der Waals surface area (Å²) in [5.41, 5.74) is -1.22. The van der Waals surface area contributed by atoms with Gasteiger partial charge in [-0.2, -0.15) is 5.10 Å². The molecule has 0 bridgehead atoms. The second-order valence-corrected chi connectivity index (χ2v) is 3.18. The lowest BCUT2D eigenvalue weighted by molar-refractivity contribution is 0.177. The van der Waals surface area contributed by atoms with E-state index in [1.807, 2.05) is 0 Å². The SMILES string of the molecule is Cc1ncnn1CC(C)(C)F. The van der Waals surface area contributed by atoms with Crippen molar-refractivity contribution in [2.75, 3.05) is 0 Å². The Bertz CT molecular complexity index is 236. The van der Waals surface area contributed by atoms with Crippen LogP contribution in [0.15, 0.2) is 6.33 Å². The van der Waals surface area contributed by atoms with Crippen molar-refractivity contribution in [3.63, 3.8) is 0 Å². The summed E-state index contributed by atoms with van der Waals surface area (Å²) >= 11 is 0. The Hall–Kier alpha value is -0.930. The summed E-state index contributed by atoms with van der Waals surface area (Å²) in [4.78, 5) is 3.89. The number of rotatable bonds is 2. The molecule has 1 aromatic rings. The minimum absolute atomic E-state index is 0.263. The maximum absolute atomic E-state index is 13.0. The molecule has 0 aromatic carbocycles. The molecule has 0 aliphatic carbocycles. The number of aromatic nitrogens is 3. The standard InChI is InChI=1S/C7H12FN3/c1-6-9-5-10-11(6)4-7(2,3)8/h5H,4H2,1-3H3. The lowest BCUT2D eigenvalue weighted by atomic mass is 10.2. The minimum atomic E-state index is -1.22. The van der Waals surface area contributed by atoms with Gasteiger partial charge in [-0.1, -0.05) is 0 Å². The summed E-state index contributed by atoms with van der Waals surface area (Å²) in [7, 11) is 0. The van der Waals surface area contributed by atoms with Crippen LogP contribution in [0.4, 0.5) is 4.39 Å². The average Bonchev–Trinajstić information content (AvgIpc) is 2.12. The van der Waals surface area contributed by atoms with Crippen LogP contribution in [0.1, 0.15) is 19.7 Å². The van der Waals surface area contributed by atoms with Crippen molar-refractivity contribution < 1.29 is 4.39 Å². The van der Waals surface area contributed by atoms with Gasteiger partial charge in [0.15, 0.2) is 0 Å². The first-order chi connectivity index (χ1) is 4.99. The first-order valence-corrected chi connectivity index (χ1v) is 3.52. The molecular formula is C7H12FN3. The largest absolute Gasteiger partial charge is 0.247 e. The summed E-state index contributed by atoms with van der Waals surface area (Å²) in [5.74, 6) is 0.746. The normalized spacial score (nSPS) is 12.0. The monoisotopic (exact) mass is 157 g/mol. The van der Waals surface area contributed by atoms with E-state index < -0.39 is 5.67 Å². The van der Waals surface area contributed by atoms with E-state index in [4.69, 9.17) is 0 Å². The predicted molar refractivity (Wildman–Crippen MR) is 39.9 cm³/mol. The van der Waals surface area contributed by atoms with E-state index in [1.54, 1.807) is 11.6 Å². The van der Waals surface area contributed by atoms with Gasteiger partial charge in [-0.05, 0) is 20.8 Å². The third-order valence-corrected chi connectivity index (χ3v) is 1.33. The number of halogens is 1. The van der Waals surface area contributed by atoms with Gasteiger partial charge in [0.2, 0.25) is 0 Å². The van der Waals surface area contributed by atoms with Gasteiger partial charge in [-0.3, -0.25) is 0 Å². The second-order valence-electron chi connectivity index (χ2n) is 3.18. The molecule has 0 unspecified atom stereocenters. The van der Waals surface area contributed by atoms with Gasteiger partial charge in [-0.25, -0.2) is 14.1 Å². The smallest absolute Gasteiger partial charge is 0.138 e. The molecule has 1 aromatic heterocycles. The molecule has 1 rings (SSSR count). The Labute approximate surface area is 65.2 Å². The van der Waals surface area contributed by atoms with Crippen LogP contribution < -0.4 is 0 Å². The summed E-state index contributed by atoms with van der Waals surface area (Å²) in [6.07, 6.45) is 1.43. The summed E-state index contributed by atoms with van der Waals surface area (Å²) in [6.45, 7) is 5.11. The fraction of sp³-hybridized carbons (Fsp3) is 0.714. The Morgan fingerprint density at radius 1 is 1.64 bits per heavy atom. The summed E-state index contributed by atoms with van der Waals surface area (Å²) < 4.78 is 14.6. The van der Waals surface area contributed by atoms with Crippen LogP contribution in [0.3, 0.4) is 0 Å². The van der Waals surface area contributed by atoms with Crippen LogP contribution in [0.2, 0.25) is 0 Å². The maximum Gasteiger partial charge on any atom is 0.138 e. The number of alkyl halides is 1. The Morgan fingerprint density at radius 3 is 2.64 bits per heavy atom. The molecule has 0 atom stereocenters. The van der Waals surface area contributed by atoms with Gasteiger partial charge in [0.25, 0.3) is 0 Å². The topological polar surface area (TPSA) is 30.7 Å². The van der Waals surface area contributed by atoms with E-state index in [0.717, 1.165) is 5.82 Å². The molecule has 62 valence electrons. The van der Waals surface area contributed by atoms with Gasteiger partial charge >= 0.3 is 0 Å². The number of hydrogen-bond acceptors (Lipinski definition) is 2.